The van der Waals surface area contributed by atoms with Crippen LogP contribution in [0.5, 0.6) is 0 Å². The van der Waals surface area contributed by atoms with E-state index >= 15 is 0 Å². The van der Waals surface area contributed by atoms with Gasteiger partial charge >= 0.3 is 0 Å². The van der Waals surface area contributed by atoms with Crippen molar-refractivity contribution in [1.82, 2.24) is 19.4 Å². The lowest BCUT2D eigenvalue weighted by atomic mass is 10.0. The maximum absolute atomic E-state index is 12.2. The standard InChI is InChI=1S/C14H24N4O/c1-16(2)12-6-9-18(10-7-12)14(19)5-4-13-15-8-11-17(13)3/h8,11-12H,4-7,9-10H2,1-3H3. The largest absolute Gasteiger partial charge is 0.343 e. The molecule has 1 aromatic rings. The molecule has 0 radical (unpaired) electrons. The molecule has 1 aromatic heterocycles. The van der Waals surface area contributed by atoms with Crippen molar-refractivity contribution in [2.45, 2.75) is 31.7 Å². The lowest BCUT2D eigenvalue weighted by Crippen LogP contribution is -2.44. The van der Waals surface area contributed by atoms with Crippen LogP contribution in [0.15, 0.2) is 12.4 Å². The van der Waals surface area contributed by atoms with Crippen molar-refractivity contribution in [3.8, 4) is 0 Å². The minimum atomic E-state index is 0.264. The molecule has 1 fully saturated rings. The Morgan fingerprint density at radius 2 is 2.11 bits per heavy atom. The van der Waals surface area contributed by atoms with Gasteiger partial charge in [0.1, 0.15) is 5.82 Å². The van der Waals surface area contributed by atoms with Gasteiger partial charge in [0, 0.05) is 51.4 Å². The zero-order valence-electron chi connectivity index (χ0n) is 12.2. The third kappa shape index (κ3) is 3.56. The van der Waals surface area contributed by atoms with Crippen LogP contribution in [-0.4, -0.2) is 58.5 Å². The first-order valence-electron chi connectivity index (χ1n) is 6.98. The number of hydrogen-bond donors (Lipinski definition) is 0. The Kier molecular flexibility index (Phi) is 4.58. The van der Waals surface area contributed by atoms with Gasteiger partial charge in [0.05, 0.1) is 0 Å². The molecule has 0 unspecified atom stereocenters. The van der Waals surface area contributed by atoms with E-state index in [9.17, 15) is 4.79 Å². The van der Waals surface area contributed by atoms with Crippen molar-refractivity contribution in [2.24, 2.45) is 7.05 Å². The van der Waals surface area contributed by atoms with Crippen LogP contribution in [-0.2, 0) is 18.3 Å². The van der Waals surface area contributed by atoms with Gasteiger partial charge in [0.2, 0.25) is 5.91 Å². The van der Waals surface area contributed by atoms with Gasteiger partial charge in [-0.25, -0.2) is 4.98 Å². The molecule has 2 heterocycles. The fourth-order valence-electron chi connectivity index (χ4n) is 2.65. The van der Waals surface area contributed by atoms with E-state index in [4.69, 9.17) is 0 Å². The number of carbonyl (C=O) groups is 1. The zero-order valence-corrected chi connectivity index (χ0v) is 12.2. The summed E-state index contributed by atoms with van der Waals surface area (Å²) in [5.74, 6) is 1.25. The second-order valence-electron chi connectivity index (χ2n) is 5.53. The van der Waals surface area contributed by atoms with Crippen LogP contribution in [0.2, 0.25) is 0 Å². The van der Waals surface area contributed by atoms with Crippen molar-refractivity contribution >= 4 is 5.91 Å². The number of piperidine rings is 1. The Balaban J connectivity index is 1.77. The Hall–Kier alpha value is -1.36. The highest BCUT2D eigenvalue weighted by Crippen LogP contribution is 2.15. The smallest absolute Gasteiger partial charge is 0.223 e. The fourth-order valence-corrected chi connectivity index (χ4v) is 2.65. The minimum absolute atomic E-state index is 0.264. The predicted octanol–water partition coefficient (Wildman–Crippen LogP) is 0.905. The quantitative estimate of drug-likeness (QED) is 0.811. The molecule has 0 bridgehead atoms. The number of aromatic nitrogens is 2. The summed E-state index contributed by atoms with van der Waals surface area (Å²) >= 11 is 0. The van der Waals surface area contributed by atoms with Gasteiger partial charge in [0.25, 0.3) is 0 Å². The first-order chi connectivity index (χ1) is 9.08. The number of nitrogens with zero attached hydrogens (tertiary/aromatic N) is 4. The molecule has 0 saturated carbocycles. The van der Waals surface area contributed by atoms with E-state index in [-0.39, 0.29) is 5.91 Å². The number of rotatable bonds is 4. The van der Waals surface area contributed by atoms with Crippen LogP contribution in [0.25, 0.3) is 0 Å². The lowest BCUT2D eigenvalue weighted by Gasteiger charge is -2.35. The van der Waals surface area contributed by atoms with E-state index in [1.165, 1.54) is 0 Å². The molecule has 1 saturated heterocycles. The molecule has 1 amide bonds. The molecule has 0 aromatic carbocycles. The average Bonchev–Trinajstić information content (AvgIpc) is 2.81. The van der Waals surface area contributed by atoms with Gasteiger partial charge in [-0.15, -0.1) is 0 Å². The van der Waals surface area contributed by atoms with Crippen molar-refractivity contribution < 1.29 is 4.79 Å². The van der Waals surface area contributed by atoms with Crippen LogP contribution in [0, 0.1) is 0 Å². The summed E-state index contributed by atoms with van der Waals surface area (Å²) in [5, 5.41) is 0. The molecule has 106 valence electrons. The molecule has 0 N–H and O–H groups in total. The molecule has 19 heavy (non-hydrogen) atoms. The molecular weight excluding hydrogens is 240 g/mol. The maximum atomic E-state index is 12.2. The van der Waals surface area contributed by atoms with Crippen molar-refractivity contribution in [3.63, 3.8) is 0 Å². The maximum Gasteiger partial charge on any atom is 0.223 e. The van der Waals surface area contributed by atoms with Gasteiger partial charge in [-0.1, -0.05) is 0 Å². The number of likely N-dealkylation sites (tertiary alicyclic amines) is 1. The van der Waals surface area contributed by atoms with Gasteiger partial charge in [-0.2, -0.15) is 0 Å². The molecule has 0 atom stereocenters. The molecule has 5 nitrogen and oxygen atoms in total. The summed E-state index contributed by atoms with van der Waals surface area (Å²) in [7, 11) is 6.20. The second kappa shape index (κ2) is 6.19. The zero-order chi connectivity index (χ0) is 13.8. The van der Waals surface area contributed by atoms with Gasteiger partial charge in [-0.3, -0.25) is 4.79 Å². The van der Waals surface area contributed by atoms with Crippen LogP contribution in [0.3, 0.4) is 0 Å². The summed E-state index contributed by atoms with van der Waals surface area (Å²) in [5.41, 5.74) is 0. The molecule has 5 heteroatoms. The van der Waals surface area contributed by atoms with Crippen molar-refractivity contribution in [3.05, 3.63) is 18.2 Å². The molecule has 0 spiro atoms. The second-order valence-corrected chi connectivity index (χ2v) is 5.53. The first-order valence-corrected chi connectivity index (χ1v) is 6.98. The van der Waals surface area contributed by atoms with Crippen LogP contribution < -0.4 is 0 Å². The monoisotopic (exact) mass is 264 g/mol. The van der Waals surface area contributed by atoms with E-state index in [1.807, 2.05) is 22.7 Å². The predicted molar refractivity (Wildman–Crippen MR) is 74.8 cm³/mol. The summed E-state index contributed by atoms with van der Waals surface area (Å²) in [6.45, 7) is 1.78. The summed E-state index contributed by atoms with van der Waals surface area (Å²) in [6, 6.07) is 0.624. The average molecular weight is 264 g/mol. The van der Waals surface area contributed by atoms with E-state index in [1.54, 1.807) is 6.20 Å². The lowest BCUT2D eigenvalue weighted by molar-refractivity contribution is -0.132. The topological polar surface area (TPSA) is 41.4 Å². The van der Waals surface area contributed by atoms with Gasteiger partial charge in [0.15, 0.2) is 0 Å². The molecule has 1 aliphatic rings. The summed E-state index contributed by atoms with van der Waals surface area (Å²) in [6.07, 6.45) is 7.17. The van der Waals surface area contributed by atoms with Crippen molar-refractivity contribution in [2.75, 3.05) is 27.2 Å². The Morgan fingerprint density at radius 3 is 2.63 bits per heavy atom. The Labute approximate surface area is 115 Å². The molecular formula is C14H24N4O. The van der Waals surface area contributed by atoms with E-state index in [0.717, 1.165) is 38.2 Å². The fraction of sp³-hybridized carbons (Fsp3) is 0.714. The van der Waals surface area contributed by atoms with Crippen LogP contribution in [0.1, 0.15) is 25.1 Å². The third-order valence-electron chi connectivity index (χ3n) is 4.03. The number of carbonyl (C=O) groups excluding carboxylic acids is 1. The van der Waals surface area contributed by atoms with E-state index in [2.05, 4.69) is 24.0 Å². The van der Waals surface area contributed by atoms with Crippen LogP contribution >= 0.6 is 0 Å². The molecule has 0 aliphatic carbocycles. The Bertz CT molecular complexity index is 419. The summed E-state index contributed by atoms with van der Waals surface area (Å²) in [4.78, 5) is 20.7. The Morgan fingerprint density at radius 1 is 1.42 bits per heavy atom. The van der Waals surface area contributed by atoms with E-state index < -0.39 is 0 Å². The SMILES string of the molecule is CN(C)C1CCN(C(=O)CCc2nccn2C)CC1. The molecule has 1 aliphatic heterocycles. The third-order valence-corrected chi connectivity index (χ3v) is 4.03. The number of amides is 1. The highest BCUT2D eigenvalue weighted by atomic mass is 16.2. The highest BCUT2D eigenvalue weighted by Gasteiger charge is 2.23. The number of aryl methyl sites for hydroxylation is 2. The summed E-state index contributed by atoms with van der Waals surface area (Å²) < 4.78 is 1.98. The van der Waals surface area contributed by atoms with Gasteiger partial charge in [-0.05, 0) is 26.9 Å². The van der Waals surface area contributed by atoms with Crippen molar-refractivity contribution in [1.29, 1.82) is 0 Å². The van der Waals surface area contributed by atoms with Gasteiger partial charge < -0.3 is 14.4 Å². The molecule has 2 rings (SSSR count). The normalized spacial score (nSPS) is 17.2. The highest BCUT2D eigenvalue weighted by molar-refractivity contribution is 5.76. The number of hydrogen-bond acceptors (Lipinski definition) is 3. The minimum Gasteiger partial charge on any atom is -0.343 e. The van der Waals surface area contributed by atoms with E-state index in [0.29, 0.717) is 12.5 Å². The van der Waals surface area contributed by atoms with Crippen LogP contribution in [0.4, 0.5) is 0 Å². The number of imidazole rings is 1. The first kappa shape index (κ1) is 14.1.